The highest BCUT2D eigenvalue weighted by molar-refractivity contribution is 7.89. The van der Waals surface area contributed by atoms with E-state index in [0.29, 0.717) is 11.3 Å². The molecule has 0 atom stereocenters. The van der Waals surface area contributed by atoms with Gasteiger partial charge in [0.2, 0.25) is 10.0 Å². The molecular formula is C15H15F2NO3S. The van der Waals surface area contributed by atoms with E-state index in [9.17, 15) is 17.2 Å². The van der Waals surface area contributed by atoms with Crippen LogP contribution in [0.1, 0.15) is 5.56 Å². The molecule has 0 aliphatic carbocycles. The maximum atomic E-state index is 13.7. The molecule has 118 valence electrons. The largest absolute Gasteiger partial charge is 0.497 e. The number of nitrogens with zero attached hydrogens (tertiary/aromatic N) is 1. The number of hydrogen-bond donors (Lipinski definition) is 0. The predicted molar refractivity (Wildman–Crippen MR) is 78.0 cm³/mol. The van der Waals surface area contributed by atoms with E-state index in [1.54, 1.807) is 24.3 Å². The average molecular weight is 327 g/mol. The third-order valence-electron chi connectivity index (χ3n) is 3.15. The Morgan fingerprint density at radius 3 is 2.09 bits per heavy atom. The SMILES string of the molecule is COc1ccc(CN(C)S(=O)(=O)c2c(F)cccc2F)cc1. The first-order valence-corrected chi connectivity index (χ1v) is 7.83. The summed E-state index contributed by atoms with van der Waals surface area (Å²) in [5, 5.41) is 0. The molecule has 2 aromatic rings. The maximum absolute atomic E-state index is 13.7. The minimum atomic E-state index is -4.26. The molecule has 0 amide bonds. The molecule has 0 spiro atoms. The Balaban J connectivity index is 2.29. The van der Waals surface area contributed by atoms with Crippen LogP contribution in [0.15, 0.2) is 47.4 Å². The number of halogens is 2. The van der Waals surface area contributed by atoms with Gasteiger partial charge in [-0.25, -0.2) is 17.2 Å². The van der Waals surface area contributed by atoms with Crippen LogP contribution in [0.3, 0.4) is 0 Å². The minimum Gasteiger partial charge on any atom is -0.497 e. The Labute approximate surface area is 128 Å². The van der Waals surface area contributed by atoms with E-state index in [2.05, 4.69) is 0 Å². The van der Waals surface area contributed by atoms with Crippen molar-refractivity contribution in [2.45, 2.75) is 11.4 Å². The Kier molecular flexibility index (Phi) is 4.77. The van der Waals surface area contributed by atoms with Gasteiger partial charge in [-0.05, 0) is 29.8 Å². The van der Waals surface area contributed by atoms with E-state index in [1.165, 1.54) is 14.2 Å². The first-order chi connectivity index (χ1) is 10.4. The summed E-state index contributed by atoms with van der Waals surface area (Å²) >= 11 is 0. The lowest BCUT2D eigenvalue weighted by molar-refractivity contribution is 0.414. The van der Waals surface area contributed by atoms with Gasteiger partial charge in [0.1, 0.15) is 17.4 Å². The van der Waals surface area contributed by atoms with Crippen LogP contribution in [-0.2, 0) is 16.6 Å². The maximum Gasteiger partial charge on any atom is 0.248 e. The number of sulfonamides is 1. The molecule has 0 fully saturated rings. The van der Waals surface area contributed by atoms with Gasteiger partial charge in [-0.3, -0.25) is 0 Å². The summed E-state index contributed by atoms with van der Waals surface area (Å²) in [7, 11) is -1.47. The zero-order chi connectivity index (χ0) is 16.3. The van der Waals surface area contributed by atoms with Crippen LogP contribution < -0.4 is 4.74 Å². The van der Waals surface area contributed by atoms with Gasteiger partial charge >= 0.3 is 0 Å². The van der Waals surface area contributed by atoms with Gasteiger partial charge in [0.15, 0.2) is 4.90 Å². The summed E-state index contributed by atoms with van der Waals surface area (Å²) in [6.45, 7) is -0.0138. The zero-order valence-corrected chi connectivity index (χ0v) is 12.9. The molecule has 0 heterocycles. The van der Waals surface area contributed by atoms with Gasteiger partial charge in [0.05, 0.1) is 7.11 Å². The lowest BCUT2D eigenvalue weighted by Crippen LogP contribution is -2.28. The fourth-order valence-electron chi connectivity index (χ4n) is 1.96. The van der Waals surface area contributed by atoms with E-state index in [1.807, 2.05) is 0 Å². The molecule has 0 aromatic heterocycles. The Bertz CT molecular complexity index is 741. The molecule has 0 saturated carbocycles. The van der Waals surface area contributed by atoms with Crippen LogP contribution in [0, 0.1) is 11.6 Å². The topological polar surface area (TPSA) is 46.6 Å². The molecule has 22 heavy (non-hydrogen) atoms. The quantitative estimate of drug-likeness (QED) is 0.848. The van der Waals surface area contributed by atoms with Crippen LogP contribution in [0.25, 0.3) is 0 Å². The molecule has 0 aliphatic heterocycles. The molecule has 0 N–H and O–H groups in total. The summed E-state index contributed by atoms with van der Waals surface area (Å²) < 4.78 is 57.9. The van der Waals surface area contributed by atoms with Gasteiger partial charge in [-0.2, -0.15) is 4.31 Å². The lowest BCUT2D eigenvalue weighted by atomic mass is 10.2. The van der Waals surface area contributed by atoms with Crippen molar-refractivity contribution in [2.75, 3.05) is 14.2 Å². The van der Waals surface area contributed by atoms with Gasteiger partial charge in [-0.1, -0.05) is 18.2 Å². The highest BCUT2D eigenvalue weighted by Gasteiger charge is 2.28. The smallest absolute Gasteiger partial charge is 0.248 e. The molecule has 0 unspecified atom stereocenters. The fourth-order valence-corrected chi connectivity index (χ4v) is 3.22. The van der Waals surface area contributed by atoms with Crippen LogP contribution >= 0.6 is 0 Å². The van der Waals surface area contributed by atoms with Gasteiger partial charge in [0.25, 0.3) is 0 Å². The van der Waals surface area contributed by atoms with Crippen LogP contribution in [-0.4, -0.2) is 26.9 Å². The molecule has 0 aliphatic rings. The monoisotopic (exact) mass is 327 g/mol. The standard InChI is InChI=1S/C15H15F2NO3S/c1-18(10-11-6-8-12(21-2)9-7-11)22(19,20)15-13(16)4-3-5-14(15)17/h3-9H,10H2,1-2H3. The number of benzene rings is 2. The highest BCUT2D eigenvalue weighted by Crippen LogP contribution is 2.23. The number of methoxy groups -OCH3 is 1. The first-order valence-electron chi connectivity index (χ1n) is 6.39. The van der Waals surface area contributed by atoms with Crippen molar-refractivity contribution in [3.63, 3.8) is 0 Å². The summed E-state index contributed by atoms with van der Waals surface area (Å²) in [6, 6.07) is 9.67. The Hall–Kier alpha value is -1.99. The molecule has 2 aromatic carbocycles. The average Bonchev–Trinajstić information content (AvgIpc) is 2.47. The van der Waals surface area contributed by atoms with Gasteiger partial charge < -0.3 is 4.74 Å². The molecule has 0 bridgehead atoms. The van der Waals surface area contributed by atoms with Crippen molar-refractivity contribution in [2.24, 2.45) is 0 Å². The van der Waals surface area contributed by atoms with Crippen molar-refractivity contribution in [3.8, 4) is 5.75 Å². The number of rotatable bonds is 5. The molecule has 0 saturated heterocycles. The lowest BCUT2D eigenvalue weighted by Gasteiger charge is -2.18. The van der Waals surface area contributed by atoms with E-state index >= 15 is 0 Å². The van der Waals surface area contributed by atoms with Crippen molar-refractivity contribution in [1.82, 2.24) is 4.31 Å². The van der Waals surface area contributed by atoms with Gasteiger partial charge in [-0.15, -0.1) is 0 Å². The van der Waals surface area contributed by atoms with Crippen molar-refractivity contribution >= 4 is 10.0 Å². The minimum absolute atomic E-state index is 0.0138. The van der Waals surface area contributed by atoms with E-state index in [4.69, 9.17) is 4.74 Å². The summed E-state index contributed by atoms with van der Waals surface area (Å²) in [5.74, 6) is -1.59. The normalized spacial score (nSPS) is 11.7. The van der Waals surface area contributed by atoms with Crippen LogP contribution in [0.2, 0.25) is 0 Å². The molecule has 2 rings (SSSR count). The fraction of sp³-hybridized carbons (Fsp3) is 0.200. The van der Waals surface area contributed by atoms with E-state index in [-0.39, 0.29) is 6.54 Å². The summed E-state index contributed by atoms with van der Waals surface area (Å²) in [6.07, 6.45) is 0. The predicted octanol–water partition coefficient (Wildman–Crippen LogP) is 2.79. The molecule has 7 heteroatoms. The molecule has 4 nitrogen and oxygen atoms in total. The number of ether oxygens (including phenoxy) is 1. The summed E-state index contributed by atoms with van der Waals surface area (Å²) in [5.41, 5.74) is 0.670. The van der Waals surface area contributed by atoms with E-state index < -0.39 is 26.6 Å². The van der Waals surface area contributed by atoms with Crippen LogP contribution in [0.4, 0.5) is 8.78 Å². The second kappa shape index (κ2) is 6.41. The van der Waals surface area contributed by atoms with Crippen molar-refractivity contribution in [3.05, 3.63) is 59.7 Å². The molecule has 0 radical (unpaired) electrons. The second-order valence-corrected chi connectivity index (χ2v) is 6.64. The molecular weight excluding hydrogens is 312 g/mol. The summed E-state index contributed by atoms with van der Waals surface area (Å²) in [4.78, 5) is -0.939. The second-order valence-electron chi connectivity index (χ2n) is 4.66. The number of hydrogen-bond acceptors (Lipinski definition) is 3. The van der Waals surface area contributed by atoms with E-state index in [0.717, 1.165) is 22.5 Å². The third-order valence-corrected chi connectivity index (χ3v) is 5.01. The van der Waals surface area contributed by atoms with Crippen molar-refractivity contribution in [1.29, 1.82) is 0 Å². The Morgan fingerprint density at radius 2 is 1.59 bits per heavy atom. The van der Waals surface area contributed by atoms with Crippen LogP contribution in [0.5, 0.6) is 5.75 Å². The first kappa shape index (κ1) is 16.4. The zero-order valence-electron chi connectivity index (χ0n) is 12.1. The third kappa shape index (κ3) is 3.26. The van der Waals surface area contributed by atoms with Crippen molar-refractivity contribution < 1.29 is 21.9 Å². The van der Waals surface area contributed by atoms with Gasteiger partial charge in [0, 0.05) is 13.6 Å². The Morgan fingerprint density at radius 1 is 1.05 bits per heavy atom. The highest BCUT2D eigenvalue weighted by atomic mass is 32.2.